The van der Waals surface area contributed by atoms with Gasteiger partial charge in [-0.2, -0.15) is 0 Å². The van der Waals surface area contributed by atoms with E-state index < -0.39 is 6.16 Å². The van der Waals surface area contributed by atoms with Crippen molar-refractivity contribution >= 4 is 6.16 Å². The van der Waals surface area contributed by atoms with E-state index in [1.807, 2.05) is 0 Å². The van der Waals surface area contributed by atoms with Gasteiger partial charge in [-0.3, -0.25) is 0 Å². The molecule has 0 aliphatic carbocycles. The fraction of sp³-hybridized carbons (Fsp3) is 0. The first-order chi connectivity index (χ1) is 1.73. The molecule has 40 valence electrons. The first-order valence-corrected chi connectivity index (χ1v) is 0.612. The summed E-state index contributed by atoms with van der Waals surface area (Å²) in [7, 11) is 0. The van der Waals surface area contributed by atoms with E-state index in [2.05, 4.69) is 0 Å². The van der Waals surface area contributed by atoms with Gasteiger partial charge in [-0.05, 0) is 6.16 Å². The fourth-order valence-electron chi connectivity index (χ4n) is 0. The summed E-state index contributed by atoms with van der Waals surface area (Å²) in [6.45, 7) is 0. The van der Waals surface area contributed by atoms with Crippen LogP contribution in [-0.2, 0) is 0 Å². The largest absolute Gasteiger partial charge is 1.00 e. The Morgan fingerprint density at radius 2 is 1.29 bits per heavy atom. The number of rotatable bonds is 0. The molecule has 0 aliphatic rings. The summed E-state index contributed by atoms with van der Waals surface area (Å²) in [6, 6.07) is 0. The minimum absolute atomic E-state index is 0. The number of carbonyl (C=O) groups is 1. The zero-order valence-electron chi connectivity index (χ0n) is 4.10. The Labute approximate surface area is 69.2 Å². The van der Waals surface area contributed by atoms with Gasteiger partial charge in [0.1, 0.15) is 0 Å². The Bertz CT molecular complexity index is 37.9. The van der Waals surface area contributed by atoms with Crippen molar-refractivity contribution in [2.45, 2.75) is 0 Å². The second kappa shape index (κ2) is 16.0. The zero-order chi connectivity index (χ0) is 3.58. The molecule has 0 rings (SSSR count). The molecular weight excluding hydrogens is 132 g/mol. The average Bonchev–Trinajstić information content (AvgIpc) is 0.811. The van der Waals surface area contributed by atoms with Crippen LogP contribution < -0.4 is 58.3 Å². The topological polar surface area (TPSA) is 99.7 Å². The third kappa shape index (κ3) is 493. The van der Waals surface area contributed by atoms with Crippen molar-refractivity contribution in [1.29, 1.82) is 0 Å². The number of hydrogen-bond donors (Lipinski definition) is 1. The second-order valence-electron chi connectivity index (χ2n) is 0.250. The Morgan fingerprint density at radius 3 is 1.29 bits per heavy atom. The van der Waals surface area contributed by atoms with Crippen LogP contribution in [0.4, 0.5) is 4.79 Å². The molecule has 0 saturated carbocycles. The predicted octanol–water partition coefficient (Wildman–Crippen LogP) is -8.06. The van der Waals surface area contributed by atoms with Crippen molar-refractivity contribution in [2.75, 3.05) is 0 Å². The molecule has 0 atom stereocenters. The van der Waals surface area contributed by atoms with Crippen molar-refractivity contribution in [3.63, 3.8) is 0 Å². The molecule has 0 spiro atoms. The van der Waals surface area contributed by atoms with E-state index in [1.54, 1.807) is 0 Å². The Balaban J connectivity index is -0.0000000150. The molecule has 0 amide bonds. The third-order valence-corrected chi connectivity index (χ3v) is 0. The zero-order valence-corrected chi connectivity index (χ0v) is 6.86. The summed E-state index contributed by atoms with van der Waals surface area (Å²) in [6.07, 6.45) is -2.33. The first kappa shape index (κ1) is 25.8. The van der Waals surface area contributed by atoms with Gasteiger partial charge in [0.05, 0.1) is 0 Å². The SMILES string of the molecule is O=C([O-])[O-].[Cl-].[NH4+].[Na+]. The van der Waals surface area contributed by atoms with Gasteiger partial charge < -0.3 is 33.6 Å². The van der Waals surface area contributed by atoms with Crippen LogP contribution in [0.1, 0.15) is 0 Å². The summed E-state index contributed by atoms with van der Waals surface area (Å²) in [4.78, 5) is 8.33. The van der Waals surface area contributed by atoms with Crippen molar-refractivity contribution in [2.24, 2.45) is 0 Å². The third-order valence-electron chi connectivity index (χ3n) is 0. The fourth-order valence-corrected chi connectivity index (χ4v) is 0. The van der Waals surface area contributed by atoms with Gasteiger partial charge in [0.25, 0.3) is 0 Å². The molecule has 0 heterocycles. The summed E-state index contributed by atoms with van der Waals surface area (Å²) >= 11 is 0. The van der Waals surface area contributed by atoms with Gasteiger partial charge >= 0.3 is 29.6 Å². The number of carboxylic acid groups (broad SMARTS) is 2. The molecule has 0 aromatic heterocycles. The molecular formula is CH4ClNNaO3-. The van der Waals surface area contributed by atoms with Crippen LogP contribution in [0.2, 0.25) is 0 Å². The molecule has 0 unspecified atom stereocenters. The molecule has 0 radical (unpaired) electrons. The summed E-state index contributed by atoms with van der Waals surface area (Å²) in [5.74, 6) is 0. The summed E-state index contributed by atoms with van der Waals surface area (Å²) in [5.41, 5.74) is 0. The quantitative estimate of drug-likeness (QED) is 0.335. The van der Waals surface area contributed by atoms with E-state index in [0.717, 1.165) is 0 Å². The molecule has 0 bridgehead atoms. The molecule has 7 heavy (non-hydrogen) atoms. The van der Waals surface area contributed by atoms with E-state index in [1.165, 1.54) is 0 Å². The van der Waals surface area contributed by atoms with Crippen LogP contribution in [0.25, 0.3) is 0 Å². The number of hydrogen-bond acceptors (Lipinski definition) is 3. The molecule has 0 aromatic carbocycles. The van der Waals surface area contributed by atoms with Gasteiger partial charge in [-0.1, -0.05) is 0 Å². The minimum Gasteiger partial charge on any atom is -1.00 e. The average molecular weight is 136 g/mol. The molecule has 6 heteroatoms. The van der Waals surface area contributed by atoms with Gasteiger partial charge in [-0.15, -0.1) is 0 Å². The Hall–Kier alpha value is 0.520. The molecule has 0 aliphatic heterocycles. The Morgan fingerprint density at radius 1 is 1.29 bits per heavy atom. The standard InChI is InChI=1S/CH2O3.ClH.H3N.Na/c2-1(3)4;;;/h(H2,2,3,4);1H;1H3;/q;;;+1/p-2. The summed E-state index contributed by atoms with van der Waals surface area (Å²) < 4.78 is 0. The normalized spacial score (nSPS) is 3.43. The molecule has 0 aromatic rings. The van der Waals surface area contributed by atoms with E-state index >= 15 is 0 Å². The van der Waals surface area contributed by atoms with Gasteiger partial charge in [-0.25, -0.2) is 0 Å². The van der Waals surface area contributed by atoms with Crippen molar-refractivity contribution in [1.82, 2.24) is 6.15 Å². The van der Waals surface area contributed by atoms with Crippen LogP contribution in [0.15, 0.2) is 0 Å². The second-order valence-corrected chi connectivity index (χ2v) is 0.250. The van der Waals surface area contributed by atoms with Crippen molar-refractivity contribution in [3.05, 3.63) is 0 Å². The van der Waals surface area contributed by atoms with Crippen LogP contribution >= 0.6 is 0 Å². The monoisotopic (exact) mass is 136 g/mol. The van der Waals surface area contributed by atoms with Crippen LogP contribution in [0, 0.1) is 0 Å². The minimum atomic E-state index is -2.33. The van der Waals surface area contributed by atoms with Gasteiger partial charge in [0.15, 0.2) is 0 Å². The maximum absolute atomic E-state index is 8.33. The molecule has 0 fully saturated rings. The molecule has 0 saturated heterocycles. The number of halogens is 1. The van der Waals surface area contributed by atoms with E-state index in [4.69, 9.17) is 15.0 Å². The smallest absolute Gasteiger partial charge is 1.00 e. The van der Waals surface area contributed by atoms with E-state index in [-0.39, 0.29) is 48.1 Å². The van der Waals surface area contributed by atoms with Crippen molar-refractivity contribution in [3.8, 4) is 0 Å². The van der Waals surface area contributed by atoms with Crippen LogP contribution in [-0.4, -0.2) is 6.16 Å². The molecule has 4 N–H and O–H groups in total. The van der Waals surface area contributed by atoms with Gasteiger partial charge in [0.2, 0.25) is 0 Å². The summed E-state index contributed by atoms with van der Waals surface area (Å²) in [5, 5.41) is 16.7. The maximum Gasteiger partial charge on any atom is 1.00 e. The molecule has 4 nitrogen and oxygen atoms in total. The first-order valence-electron chi connectivity index (χ1n) is 0.612. The number of carbonyl (C=O) groups excluding carboxylic acids is 1. The van der Waals surface area contributed by atoms with Crippen LogP contribution in [0.5, 0.6) is 0 Å². The number of quaternary nitrogens is 1. The maximum atomic E-state index is 8.33. The van der Waals surface area contributed by atoms with Crippen molar-refractivity contribution < 1.29 is 57.0 Å². The predicted molar refractivity (Wildman–Crippen MR) is 11.4 cm³/mol. The van der Waals surface area contributed by atoms with Gasteiger partial charge in [0, 0.05) is 0 Å². The van der Waals surface area contributed by atoms with E-state index in [9.17, 15) is 0 Å². The Kier molecular flexibility index (Phi) is 59.1. The van der Waals surface area contributed by atoms with E-state index in [0.29, 0.717) is 0 Å². The van der Waals surface area contributed by atoms with Crippen LogP contribution in [0.3, 0.4) is 0 Å².